The van der Waals surface area contributed by atoms with Crippen LogP contribution in [0.5, 0.6) is 0 Å². The van der Waals surface area contributed by atoms with E-state index in [2.05, 4.69) is 15.5 Å². The molecule has 0 bridgehead atoms. The molecule has 5 N–H and O–H groups in total. The number of hydrogen-bond acceptors (Lipinski definition) is 4. The zero-order valence-corrected chi connectivity index (χ0v) is 10.6. The van der Waals surface area contributed by atoms with E-state index in [0.717, 1.165) is 19.3 Å². The van der Waals surface area contributed by atoms with Crippen LogP contribution in [-0.2, 0) is 4.79 Å². The molecule has 0 spiro atoms. The molecule has 1 fully saturated rings. The van der Waals surface area contributed by atoms with Crippen LogP contribution >= 0.6 is 0 Å². The van der Waals surface area contributed by atoms with Crippen LogP contribution in [0.3, 0.4) is 0 Å². The number of H-pyrrole nitrogens is 1. The summed E-state index contributed by atoms with van der Waals surface area (Å²) >= 11 is 0. The Morgan fingerprint density at radius 3 is 2.63 bits per heavy atom. The second-order valence-electron chi connectivity index (χ2n) is 5.07. The van der Waals surface area contributed by atoms with Crippen molar-refractivity contribution in [1.82, 2.24) is 15.5 Å². The summed E-state index contributed by atoms with van der Waals surface area (Å²) in [5.41, 5.74) is 5.05. The summed E-state index contributed by atoms with van der Waals surface area (Å²) in [7, 11) is 0. The quantitative estimate of drug-likeness (QED) is 0.645. The number of aromatic amines is 1. The number of rotatable bonds is 4. The van der Waals surface area contributed by atoms with Crippen LogP contribution in [0.15, 0.2) is 6.07 Å². The molecule has 1 saturated carbocycles. The fraction of sp³-hybridized carbons (Fsp3) is 0.583. The maximum absolute atomic E-state index is 12.1. The Morgan fingerprint density at radius 2 is 2.11 bits per heavy atom. The van der Waals surface area contributed by atoms with E-state index in [1.165, 1.54) is 6.07 Å². The van der Waals surface area contributed by atoms with Crippen LogP contribution in [0, 0.1) is 0 Å². The fourth-order valence-corrected chi connectivity index (χ4v) is 2.63. The first-order valence-corrected chi connectivity index (χ1v) is 6.36. The van der Waals surface area contributed by atoms with Gasteiger partial charge in [-0.15, -0.1) is 0 Å². The average Bonchev–Trinajstić information content (AvgIpc) is 2.76. The lowest BCUT2D eigenvalue weighted by Gasteiger charge is -2.36. The first-order valence-electron chi connectivity index (χ1n) is 6.36. The number of aromatic nitrogens is 2. The molecule has 104 valence electrons. The predicted molar refractivity (Wildman–Crippen MR) is 68.5 cm³/mol. The molecule has 1 aromatic rings. The van der Waals surface area contributed by atoms with Gasteiger partial charge in [0.15, 0.2) is 0 Å². The normalized spacial score (nSPS) is 17.9. The van der Waals surface area contributed by atoms with E-state index in [9.17, 15) is 9.59 Å². The molecule has 1 amide bonds. The molecule has 0 aromatic carbocycles. The van der Waals surface area contributed by atoms with Crippen molar-refractivity contribution in [2.24, 2.45) is 0 Å². The van der Waals surface area contributed by atoms with Gasteiger partial charge in [-0.25, -0.2) is 0 Å². The summed E-state index contributed by atoms with van der Waals surface area (Å²) in [5.74, 6) is -1.01. The number of carbonyl (C=O) groups is 2. The van der Waals surface area contributed by atoms with Crippen molar-refractivity contribution >= 4 is 17.7 Å². The van der Waals surface area contributed by atoms with E-state index in [4.69, 9.17) is 10.8 Å². The predicted octanol–water partition coefficient (Wildman–Crippen LogP) is 0.899. The van der Waals surface area contributed by atoms with E-state index in [1.54, 1.807) is 0 Å². The second-order valence-corrected chi connectivity index (χ2v) is 5.07. The van der Waals surface area contributed by atoms with Crippen molar-refractivity contribution in [1.29, 1.82) is 0 Å². The molecule has 0 unspecified atom stereocenters. The highest BCUT2D eigenvalue weighted by atomic mass is 16.4. The van der Waals surface area contributed by atoms with Gasteiger partial charge in [0.05, 0.1) is 12.0 Å². The molecule has 19 heavy (non-hydrogen) atoms. The standard InChI is InChI=1S/C12H18N4O3/c13-9-6-8(15-16-9)11(19)14-12(7-10(17)18)4-2-1-3-5-12/h6H,1-5,7H2,(H,14,19)(H,17,18)(H3,13,15,16). The van der Waals surface area contributed by atoms with Crippen molar-refractivity contribution in [2.75, 3.05) is 5.73 Å². The number of nitrogens with one attached hydrogen (secondary N) is 2. The van der Waals surface area contributed by atoms with Gasteiger partial charge in [-0.1, -0.05) is 19.3 Å². The van der Waals surface area contributed by atoms with Crippen molar-refractivity contribution in [3.05, 3.63) is 11.8 Å². The molecule has 1 heterocycles. The maximum atomic E-state index is 12.1. The minimum atomic E-state index is -0.897. The molecule has 1 aliphatic carbocycles. The van der Waals surface area contributed by atoms with Crippen LogP contribution in [0.2, 0.25) is 0 Å². The first kappa shape index (κ1) is 13.4. The second kappa shape index (κ2) is 5.29. The minimum absolute atomic E-state index is 0.0532. The number of anilines is 1. The van der Waals surface area contributed by atoms with Gasteiger partial charge in [0.2, 0.25) is 0 Å². The third-order valence-electron chi connectivity index (χ3n) is 3.52. The summed E-state index contributed by atoms with van der Waals surface area (Å²) in [6, 6.07) is 1.44. The lowest BCUT2D eigenvalue weighted by atomic mass is 9.79. The maximum Gasteiger partial charge on any atom is 0.305 e. The first-order chi connectivity index (χ1) is 9.01. The highest BCUT2D eigenvalue weighted by Crippen LogP contribution is 2.31. The number of carboxylic acids is 1. The molecule has 7 heteroatoms. The summed E-state index contributed by atoms with van der Waals surface area (Å²) in [5, 5.41) is 18.1. The van der Waals surface area contributed by atoms with Gasteiger partial charge in [0.1, 0.15) is 11.5 Å². The van der Waals surface area contributed by atoms with Crippen molar-refractivity contribution < 1.29 is 14.7 Å². The zero-order chi connectivity index (χ0) is 13.9. The lowest BCUT2D eigenvalue weighted by Crippen LogP contribution is -2.51. The SMILES string of the molecule is Nc1cc(C(=O)NC2(CC(=O)O)CCCCC2)[nH]n1. The van der Waals surface area contributed by atoms with E-state index in [1.807, 2.05) is 0 Å². The lowest BCUT2D eigenvalue weighted by molar-refractivity contribution is -0.139. The molecule has 1 aliphatic rings. The van der Waals surface area contributed by atoms with Crippen LogP contribution in [0.25, 0.3) is 0 Å². The van der Waals surface area contributed by atoms with E-state index >= 15 is 0 Å². The Bertz CT molecular complexity index is 477. The van der Waals surface area contributed by atoms with Gasteiger partial charge < -0.3 is 16.2 Å². The van der Waals surface area contributed by atoms with Crippen molar-refractivity contribution in [3.8, 4) is 0 Å². The van der Waals surface area contributed by atoms with Gasteiger partial charge in [0, 0.05) is 6.07 Å². The Kier molecular flexibility index (Phi) is 3.73. The minimum Gasteiger partial charge on any atom is -0.481 e. The topological polar surface area (TPSA) is 121 Å². The molecule has 7 nitrogen and oxygen atoms in total. The Labute approximate surface area is 110 Å². The average molecular weight is 266 g/mol. The molecular weight excluding hydrogens is 248 g/mol. The van der Waals surface area contributed by atoms with Gasteiger partial charge >= 0.3 is 5.97 Å². The van der Waals surface area contributed by atoms with E-state index < -0.39 is 11.5 Å². The largest absolute Gasteiger partial charge is 0.481 e. The molecule has 2 rings (SSSR count). The number of aliphatic carboxylic acids is 1. The van der Waals surface area contributed by atoms with E-state index in [-0.39, 0.29) is 23.8 Å². The van der Waals surface area contributed by atoms with Crippen LogP contribution < -0.4 is 11.1 Å². The highest BCUT2D eigenvalue weighted by molar-refractivity contribution is 5.93. The molecule has 1 aromatic heterocycles. The summed E-state index contributed by atoms with van der Waals surface area (Å²) in [4.78, 5) is 23.1. The van der Waals surface area contributed by atoms with Gasteiger partial charge in [-0.05, 0) is 12.8 Å². The third-order valence-corrected chi connectivity index (χ3v) is 3.52. The van der Waals surface area contributed by atoms with Crippen molar-refractivity contribution in [3.63, 3.8) is 0 Å². The van der Waals surface area contributed by atoms with Crippen LogP contribution in [0.1, 0.15) is 49.0 Å². The molecule has 0 saturated heterocycles. The van der Waals surface area contributed by atoms with E-state index in [0.29, 0.717) is 12.8 Å². The Hall–Kier alpha value is -2.05. The van der Waals surface area contributed by atoms with Gasteiger partial charge in [-0.3, -0.25) is 14.7 Å². The van der Waals surface area contributed by atoms with Gasteiger partial charge in [0.25, 0.3) is 5.91 Å². The third kappa shape index (κ3) is 3.24. The number of nitrogens with zero attached hydrogens (tertiary/aromatic N) is 1. The number of amides is 1. The Balaban J connectivity index is 2.11. The zero-order valence-electron chi connectivity index (χ0n) is 10.6. The summed E-state index contributed by atoms with van der Waals surface area (Å²) in [6.45, 7) is 0. The molecular formula is C12H18N4O3. The molecule has 0 atom stereocenters. The number of hydrogen-bond donors (Lipinski definition) is 4. The van der Waals surface area contributed by atoms with Crippen LogP contribution in [-0.4, -0.2) is 32.7 Å². The number of carbonyl (C=O) groups excluding carboxylic acids is 1. The summed E-state index contributed by atoms with van der Waals surface area (Å²) in [6.07, 6.45) is 4.26. The smallest absolute Gasteiger partial charge is 0.305 e. The summed E-state index contributed by atoms with van der Waals surface area (Å²) < 4.78 is 0. The fourth-order valence-electron chi connectivity index (χ4n) is 2.63. The monoisotopic (exact) mass is 266 g/mol. The Morgan fingerprint density at radius 1 is 1.42 bits per heavy atom. The number of carboxylic acid groups (broad SMARTS) is 1. The van der Waals surface area contributed by atoms with Crippen LogP contribution in [0.4, 0.5) is 5.82 Å². The number of nitrogen functional groups attached to an aromatic ring is 1. The number of nitrogens with two attached hydrogens (primary N) is 1. The molecule has 0 aliphatic heterocycles. The van der Waals surface area contributed by atoms with Crippen molar-refractivity contribution in [2.45, 2.75) is 44.1 Å². The molecule has 0 radical (unpaired) electrons. The highest BCUT2D eigenvalue weighted by Gasteiger charge is 2.36. The van der Waals surface area contributed by atoms with Gasteiger partial charge in [-0.2, -0.15) is 5.10 Å².